The van der Waals surface area contributed by atoms with E-state index < -0.39 is 0 Å². The Hall–Kier alpha value is -0.840. The lowest BCUT2D eigenvalue weighted by Gasteiger charge is -2.10. The van der Waals surface area contributed by atoms with E-state index in [1.165, 1.54) is 10.1 Å². The average Bonchev–Trinajstić information content (AvgIpc) is 2.78. The second-order valence-electron chi connectivity index (χ2n) is 3.76. The summed E-state index contributed by atoms with van der Waals surface area (Å²) < 4.78 is 6.24. The smallest absolute Gasteiger partial charge is 0.134 e. The van der Waals surface area contributed by atoms with Crippen LogP contribution in [0.4, 0.5) is 5.82 Å². The van der Waals surface area contributed by atoms with Crippen LogP contribution in [0.3, 0.4) is 0 Å². The van der Waals surface area contributed by atoms with E-state index >= 15 is 0 Å². The minimum absolute atomic E-state index is 0.0502. The largest absolute Gasteiger partial charge is 0.383 e. The van der Waals surface area contributed by atoms with Crippen molar-refractivity contribution in [2.24, 2.45) is 0 Å². The third kappa shape index (κ3) is 3.31. The van der Waals surface area contributed by atoms with E-state index in [2.05, 4.69) is 21.7 Å². The number of alkyl halides is 1. The number of thiophene rings is 1. The van der Waals surface area contributed by atoms with Gasteiger partial charge in [0.25, 0.3) is 0 Å². The Labute approximate surface area is 110 Å². The Morgan fingerprint density at radius 2 is 2.41 bits per heavy atom. The molecule has 2 heterocycles. The van der Waals surface area contributed by atoms with Gasteiger partial charge in [-0.25, -0.2) is 4.98 Å². The maximum Gasteiger partial charge on any atom is 0.134 e. The van der Waals surface area contributed by atoms with Crippen molar-refractivity contribution in [1.29, 1.82) is 0 Å². The van der Waals surface area contributed by atoms with E-state index in [9.17, 15) is 0 Å². The lowest BCUT2D eigenvalue weighted by Crippen LogP contribution is -2.13. The van der Waals surface area contributed by atoms with Gasteiger partial charge in [-0.15, -0.1) is 22.9 Å². The number of aromatic nitrogens is 1. The summed E-state index contributed by atoms with van der Waals surface area (Å²) in [6, 6.07) is 4.11. The highest BCUT2D eigenvalue weighted by atomic mass is 35.5. The van der Waals surface area contributed by atoms with Crippen molar-refractivity contribution < 1.29 is 4.74 Å². The molecule has 0 saturated heterocycles. The van der Waals surface area contributed by atoms with Gasteiger partial charge in [-0.2, -0.15) is 0 Å². The average molecular weight is 271 g/mol. The van der Waals surface area contributed by atoms with Crippen molar-refractivity contribution >= 4 is 38.8 Å². The monoisotopic (exact) mass is 270 g/mol. The van der Waals surface area contributed by atoms with Crippen LogP contribution >= 0.6 is 22.9 Å². The highest BCUT2D eigenvalue weighted by molar-refractivity contribution is 7.17. The lowest BCUT2D eigenvalue weighted by atomic mass is 10.3. The second kappa shape index (κ2) is 6.19. The van der Waals surface area contributed by atoms with E-state index in [4.69, 9.17) is 16.3 Å². The summed E-state index contributed by atoms with van der Waals surface area (Å²) in [6.45, 7) is 1.39. The SMILES string of the molecule is COCC(Cl)CCNc1nccc2sccc12. The van der Waals surface area contributed by atoms with Crippen LogP contribution in [0.15, 0.2) is 23.7 Å². The highest BCUT2D eigenvalue weighted by Crippen LogP contribution is 2.25. The summed E-state index contributed by atoms with van der Waals surface area (Å²) in [7, 11) is 1.66. The standard InChI is InChI=1S/C12H15ClN2OS/c1-16-8-9(13)2-5-14-12-10-4-7-17-11(10)3-6-15-12/h3-4,6-7,9H,2,5,8H2,1H3,(H,14,15). The summed E-state index contributed by atoms with van der Waals surface area (Å²) in [5, 5.41) is 6.62. The number of ether oxygens (including phenoxy) is 1. The molecule has 0 aliphatic rings. The van der Waals surface area contributed by atoms with Crippen molar-refractivity contribution in [3.63, 3.8) is 0 Å². The van der Waals surface area contributed by atoms with Crippen molar-refractivity contribution in [3.8, 4) is 0 Å². The summed E-state index contributed by atoms with van der Waals surface area (Å²) >= 11 is 7.78. The van der Waals surface area contributed by atoms with Crippen LogP contribution in [0.25, 0.3) is 10.1 Å². The van der Waals surface area contributed by atoms with Crippen LogP contribution in [0, 0.1) is 0 Å². The van der Waals surface area contributed by atoms with Gasteiger partial charge in [-0.05, 0) is 23.9 Å². The molecule has 0 saturated carbocycles. The van der Waals surface area contributed by atoms with Gasteiger partial charge in [0.05, 0.1) is 12.0 Å². The molecule has 92 valence electrons. The number of methoxy groups -OCH3 is 1. The zero-order valence-electron chi connectivity index (χ0n) is 9.65. The van der Waals surface area contributed by atoms with E-state index in [1.54, 1.807) is 18.4 Å². The summed E-state index contributed by atoms with van der Waals surface area (Å²) in [4.78, 5) is 4.34. The lowest BCUT2D eigenvalue weighted by molar-refractivity contribution is 0.196. The van der Waals surface area contributed by atoms with Gasteiger partial charge >= 0.3 is 0 Å². The molecule has 0 aliphatic carbocycles. The molecule has 0 amide bonds. The van der Waals surface area contributed by atoms with Crippen molar-refractivity contribution in [1.82, 2.24) is 4.98 Å². The zero-order chi connectivity index (χ0) is 12.1. The third-order valence-corrected chi connectivity index (χ3v) is 3.70. The van der Waals surface area contributed by atoms with E-state index in [0.717, 1.165) is 18.8 Å². The minimum Gasteiger partial charge on any atom is -0.383 e. The van der Waals surface area contributed by atoms with E-state index in [1.807, 2.05) is 12.3 Å². The van der Waals surface area contributed by atoms with Gasteiger partial charge in [0, 0.05) is 29.9 Å². The number of hydrogen-bond donors (Lipinski definition) is 1. The molecule has 2 rings (SSSR count). The molecule has 1 unspecified atom stereocenters. The molecule has 0 radical (unpaired) electrons. The molecule has 5 heteroatoms. The molecular weight excluding hydrogens is 256 g/mol. The van der Waals surface area contributed by atoms with Crippen LogP contribution in [0.5, 0.6) is 0 Å². The molecule has 0 bridgehead atoms. The maximum atomic E-state index is 6.06. The number of nitrogens with one attached hydrogen (secondary N) is 1. The number of anilines is 1. The highest BCUT2D eigenvalue weighted by Gasteiger charge is 2.05. The molecule has 2 aromatic rings. The normalized spacial score (nSPS) is 12.8. The van der Waals surface area contributed by atoms with Gasteiger partial charge in [0.15, 0.2) is 0 Å². The molecule has 1 N–H and O–H groups in total. The first-order chi connectivity index (χ1) is 8.31. The van der Waals surface area contributed by atoms with Crippen LogP contribution in [-0.2, 0) is 4.74 Å². The van der Waals surface area contributed by atoms with Crippen molar-refractivity contribution in [3.05, 3.63) is 23.7 Å². The van der Waals surface area contributed by atoms with Crippen molar-refractivity contribution in [2.75, 3.05) is 25.6 Å². The molecule has 0 spiro atoms. The Morgan fingerprint density at radius 3 is 3.24 bits per heavy atom. The molecule has 3 nitrogen and oxygen atoms in total. The van der Waals surface area contributed by atoms with E-state index in [0.29, 0.717) is 6.61 Å². The number of hydrogen-bond acceptors (Lipinski definition) is 4. The zero-order valence-corrected chi connectivity index (χ0v) is 11.2. The van der Waals surface area contributed by atoms with Crippen LogP contribution in [0.2, 0.25) is 0 Å². The summed E-state index contributed by atoms with van der Waals surface area (Å²) in [5.74, 6) is 0.935. The van der Waals surface area contributed by atoms with Gasteiger partial charge in [-0.3, -0.25) is 0 Å². The van der Waals surface area contributed by atoms with Crippen LogP contribution in [0.1, 0.15) is 6.42 Å². The number of rotatable bonds is 6. The fraction of sp³-hybridized carbons (Fsp3) is 0.417. The Morgan fingerprint density at radius 1 is 1.53 bits per heavy atom. The molecule has 1 atom stereocenters. The first-order valence-corrected chi connectivity index (χ1v) is 6.82. The van der Waals surface area contributed by atoms with Crippen LogP contribution in [-0.4, -0.2) is 30.6 Å². The second-order valence-corrected chi connectivity index (χ2v) is 5.32. The first-order valence-electron chi connectivity index (χ1n) is 5.50. The summed E-state index contributed by atoms with van der Waals surface area (Å²) in [5.41, 5.74) is 0. The number of pyridine rings is 1. The Bertz CT molecular complexity index is 474. The molecule has 0 aromatic carbocycles. The molecular formula is C12H15ClN2OS. The van der Waals surface area contributed by atoms with Gasteiger partial charge in [0.2, 0.25) is 0 Å². The number of fused-ring (bicyclic) bond motifs is 1. The summed E-state index contributed by atoms with van der Waals surface area (Å²) in [6.07, 6.45) is 2.69. The third-order valence-electron chi connectivity index (χ3n) is 2.48. The fourth-order valence-electron chi connectivity index (χ4n) is 1.65. The fourth-order valence-corrected chi connectivity index (χ4v) is 2.66. The van der Waals surface area contributed by atoms with E-state index in [-0.39, 0.29) is 5.38 Å². The maximum absolute atomic E-state index is 6.06. The van der Waals surface area contributed by atoms with Crippen LogP contribution < -0.4 is 5.32 Å². The minimum atomic E-state index is 0.0502. The number of halogens is 1. The predicted octanol–water partition coefficient (Wildman–Crippen LogP) is 3.35. The topological polar surface area (TPSA) is 34.1 Å². The Kier molecular flexibility index (Phi) is 4.59. The Balaban J connectivity index is 1.92. The first kappa shape index (κ1) is 12.6. The predicted molar refractivity (Wildman–Crippen MR) is 74.2 cm³/mol. The van der Waals surface area contributed by atoms with Gasteiger partial charge in [-0.1, -0.05) is 0 Å². The van der Waals surface area contributed by atoms with Gasteiger partial charge in [0.1, 0.15) is 5.82 Å². The van der Waals surface area contributed by atoms with Gasteiger partial charge < -0.3 is 10.1 Å². The quantitative estimate of drug-likeness (QED) is 0.818. The molecule has 17 heavy (non-hydrogen) atoms. The molecule has 0 fully saturated rings. The molecule has 2 aromatic heterocycles. The van der Waals surface area contributed by atoms with Crippen molar-refractivity contribution in [2.45, 2.75) is 11.8 Å². The molecule has 0 aliphatic heterocycles. The number of nitrogens with zero attached hydrogens (tertiary/aromatic N) is 1.